The average Bonchev–Trinajstić information content (AvgIpc) is 3.46. The Bertz CT molecular complexity index is 765. The van der Waals surface area contributed by atoms with Gasteiger partial charge in [0.25, 0.3) is 5.91 Å². The van der Waals surface area contributed by atoms with E-state index in [2.05, 4.69) is 5.32 Å². The number of hydrogen-bond acceptors (Lipinski definition) is 3. The van der Waals surface area contributed by atoms with Gasteiger partial charge >= 0.3 is 0 Å². The standard InChI is InChI=1S/C21H24N2O3/c1-23(20(24)13-15-5-11-19(26-2)12-6-15)14-16-3-7-17(8-4-16)21(25)22-18-9-10-18/h3-8,11-12,18H,9-10,13-14H2,1-2H3,(H,22,25). The lowest BCUT2D eigenvalue weighted by Crippen LogP contribution is -2.28. The molecule has 0 saturated heterocycles. The maximum absolute atomic E-state index is 12.4. The van der Waals surface area contributed by atoms with Gasteiger partial charge in [-0.2, -0.15) is 0 Å². The van der Waals surface area contributed by atoms with Gasteiger partial charge in [-0.15, -0.1) is 0 Å². The number of amides is 2. The number of carbonyl (C=O) groups is 2. The van der Waals surface area contributed by atoms with E-state index in [1.54, 1.807) is 19.1 Å². The van der Waals surface area contributed by atoms with Gasteiger partial charge < -0.3 is 15.0 Å². The van der Waals surface area contributed by atoms with Crippen LogP contribution in [0.25, 0.3) is 0 Å². The van der Waals surface area contributed by atoms with Crippen molar-refractivity contribution in [2.75, 3.05) is 14.2 Å². The van der Waals surface area contributed by atoms with E-state index >= 15 is 0 Å². The Hall–Kier alpha value is -2.82. The minimum Gasteiger partial charge on any atom is -0.497 e. The summed E-state index contributed by atoms with van der Waals surface area (Å²) in [5, 5.41) is 2.97. The zero-order valence-electron chi connectivity index (χ0n) is 15.2. The molecular weight excluding hydrogens is 328 g/mol. The van der Waals surface area contributed by atoms with Crippen LogP contribution in [-0.4, -0.2) is 36.9 Å². The van der Waals surface area contributed by atoms with Gasteiger partial charge in [-0.25, -0.2) is 0 Å². The molecule has 1 N–H and O–H groups in total. The van der Waals surface area contributed by atoms with Gasteiger partial charge in [-0.1, -0.05) is 24.3 Å². The zero-order chi connectivity index (χ0) is 18.5. The SMILES string of the molecule is COc1ccc(CC(=O)N(C)Cc2ccc(C(=O)NC3CC3)cc2)cc1. The van der Waals surface area contributed by atoms with Crippen LogP contribution < -0.4 is 10.1 Å². The van der Waals surface area contributed by atoms with Crippen LogP contribution in [0.4, 0.5) is 0 Å². The number of ether oxygens (including phenoxy) is 1. The van der Waals surface area contributed by atoms with Gasteiger partial charge in [-0.05, 0) is 48.2 Å². The molecule has 0 unspecified atom stereocenters. The number of methoxy groups -OCH3 is 1. The Balaban J connectivity index is 1.53. The van der Waals surface area contributed by atoms with Crippen molar-refractivity contribution in [3.8, 4) is 5.75 Å². The summed E-state index contributed by atoms with van der Waals surface area (Å²) in [4.78, 5) is 26.1. The second kappa shape index (κ2) is 8.04. The molecule has 0 spiro atoms. The Morgan fingerprint density at radius 3 is 2.23 bits per heavy atom. The molecular formula is C21H24N2O3. The highest BCUT2D eigenvalue weighted by molar-refractivity contribution is 5.94. The van der Waals surface area contributed by atoms with E-state index in [4.69, 9.17) is 4.74 Å². The highest BCUT2D eigenvalue weighted by Gasteiger charge is 2.23. The van der Waals surface area contributed by atoms with Crippen LogP contribution in [-0.2, 0) is 17.8 Å². The quantitative estimate of drug-likeness (QED) is 0.834. The summed E-state index contributed by atoms with van der Waals surface area (Å²) in [5.41, 5.74) is 2.61. The fraction of sp³-hybridized carbons (Fsp3) is 0.333. The number of rotatable bonds is 7. The van der Waals surface area contributed by atoms with Crippen molar-refractivity contribution in [3.05, 3.63) is 65.2 Å². The van der Waals surface area contributed by atoms with Crippen molar-refractivity contribution in [3.63, 3.8) is 0 Å². The van der Waals surface area contributed by atoms with Gasteiger partial charge in [0.05, 0.1) is 13.5 Å². The monoisotopic (exact) mass is 352 g/mol. The number of hydrogen-bond donors (Lipinski definition) is 1. The Morgan fingerprint density at radius 1 is 1.04 bits per heavy atom. The first kappa shape index (κ1) is 18.0. The normalized spacial score (nSPS) is 13.2. The van der Waals surface area contributed by atoms with Gasteiger partial charge in [0, 0.05) is 25.2 Å². The first-order valence-corrected chi connectivity index (χ1v) is 8.82. The molecule has 136 valence electrons. The Kier molecular flexibility index (Phi) is 5.56. The number of nitrogens with one attached hydrogen (secondary N) is 1. The van der Waals surface area contributed by atoms with E-state index in [9.17, 15) is 9.59 Å². The third kappa shape index (κ3) is 4.85. The van der Waals surface area contributed by atoms with Crippen LogP contribution >= 0.6 is 0 Å². The van der Waals surface area contributed by atoms with Crippen molar-refractivity contribution in [1.82, 2.24) is 10.2 Å². The molecule has 0 bridgehead atoms. The minimum atomic E-state index is -0.0250. The van der Waals surface area contributed by atoms with E-state index in [1.807, 2.05) is 48.5 Å². The van der Waals surface area contributed by atoms with E-state index in [0.717, 1.165) is 29.7 Å². The number of nitrogens with zero attached hydrogens (tertiary/aromatic N) is 1. The lowest BCUT2D eigenvalue weighted by atomic mass is 10.1. The van der Waals surface area contributed by atoms with Crippen LogP contribution in [0, 0.1) is 0 Å². The van der Waals surface area contributed by atoms with Crippen LogP contribution in [0.1, 0.15) is 34.3 Å². The molecule has 0 radical (unpaired) electrons. The zero-order valence-corrected chi connectivity index (χ0v) is 15.2. The van der Waals surface area contributed by atoms with Gasteiger partial charge in [0.2, 0.25) is 5.91 Å². The van der Waals surface area contributed by atoms with Crippen LogP contribution in [0.5, 0.6) is 5.75 Å². The number of likely N-dealkylation sites (N-methyl/N-ethyl adjacent to an activating group) is 1. The summed E-state index contributed by atoms with van der Waals surface area (Å²) in [6.07, 6.45) is 2.50. The summed E-state index contributed by atoms with van der Waals surface area (Å²) in [7, 11) is 3.41. The summed E-state index contributed by atoms with van der Waals surface area (Å²) in [6.45, 7) is 0.513. The smallest absolute Gasteiger partial charge is 0.251 e. The predicted molar refractivity (Wildman–Crippen MR) is 100 cm³/mol. The highest BCUT2D eigenvalue weighted by Crippen LogP contribution is 2.19. The summed E-state index contributed by atoms with van der Waals surface area (Å²) in [6, 6.07) is 15.3. The molecule has 5 nitrogen and oxygen atoms in total. The molecule has 1 aliphatic rings. The Labute approximate surface area is 154 Å². The molecule has 0 atom stereocenters. The maximum Gasteiger partial charge on any atom is 0.251 e. The predicted octanol–water partition coefficient (Wildman–Crippen LogP) is 2.79. The van der Waals surface area contributed by atoms with Gasteiger partial charge in [0.1, 0.15) is 5.75 Å². The average molecular weight is 352 g/mol. The minimum absolute atomic E-state index is 0.0250. The summed E-state index contributed by atoms with van der Waals surface area (Å²) < 4.78 is 5.13. The number of carbonyl (C=O) groups excluding carboxylic acids is 2. The molecule has 2 aromatic rings. The van der Waals surface area contributed by atoms with Gasteiger partial charge in [0.15, 0.2) is 0 Å². The molecule has 0 heterocycles. The Morgan fingerprint density at radius 2 is 1.65 bits per heavy atom. The largest absolute Gasteiger partial charge is 0.497 e. The molecule has 1 fully saturated rings. The maximum atomic E-state index is 12.4. The lowest BCUT2D eigenvalue weighted by Gasteiger charge is -2.17. The third-order valence-corrected chi connectivity index (χ3v) is 4.49. The fourth-order valence-electron chi connectivity index (χ4n) is 2.67. The highest BCUT2D eigenvalue weighted by atomic mass is 16.5. The van der Waals surface area contributed by atoms with Gasteiger partial charge in [-0.3, -0.25) is 9.59 Å². The molecule has 2 aromatic carbocycles. The second-order valence-corrected chi connectivity index (χ2v) is 6.72. The molecule has 0 aliphatic heterocycles. The van der Waals surface area contributed by atoms with Crippen molar-refractivity contribution in [2.24, 2.45) is 0 Å². The molecule has 0 aromatic heterocycles. The molecule has 3 rings (SSSR count). The first-order chi connectivity index (χ1) is 12.5. The van der Waals surface area contributed by atoms with Crippen molar-refractivity contribution >= 4 is 11.8 Å². The van der Waals surface area contributed by atoms with Crippen LogP contribution in [0.2, 0.25) is 0 Å². The van der Waals surface area contributed by atoms with E-state index in [1.165, 1.54) is 0 Å². The molecule has 1 saturated carbocycles. The molecule has 26 heavy (non-hydrogen) atoms. The molecule has 1 aliphatic carbocycles. The van der Waals surface area contributed by atoms with Crippen molar-refractivity contribution < 1.29 is 14.3 Å². The van der Waals surface area contributed by atoms with E-state index in [0.29, 0.717) is 24.6 Å². The lowest BCUT2D eigenvalue weighted by molar-refractivity contribution is -0.129. The topological polar surface area (TPSA) is 58.6 Å². The fourth-order valence-corrected chi connectivity index (χ4v) is 2.67. The molecule has 2 amide bonds. The molecule has 5 heteroatoms. The third-order valence-electron chi connectivity index (χ3n) is 4.49. The van der Waals surface area contributed by atoms with Crippen molar-refractivity contribution in [2.45, 2.75) is 31.8 Å². The number of benzene rings is 2. The first-order valence-electron chi connectivity index (χ1n) is 8.82. The second-order valence-electron chi connectivity index (χ2n) is 6.72. The van der Waals surface area contributed by atoms with E-state index < -0.39 is 0 Å². The summed E-state index contributed by atoms with van der Waals surface area (Å²) >= 11 is 0. The summed E-state index contributed by atoms with van der Waals surface area (Å²) in [5.74, 6) is 0.800. The van der Waals surface area contributed by atoms with Crippen LogP contribution in [0.15, 0.2) is 48.5 Å². The van der Waals surface area contributed by atoms with Crippen LogP contribution in [0.3, 0.4) is 0 Å². The van der Waals surface area contributed by atoms with Crippen molar-refractivity contribution in [1.29, 1.82) is 0 Å². The van der Waals surface area contributed by atoms with E-state index in [-0.39, 0.29) is 11.8 Å².